The highest BCUT2D eigenvalue weighted by atomic mass is 16.8. The third kappa shape index (κ3) is 1.20. The molecular weight excluding hydrogens is 172 g/mol. The van der Waals surface area contributed by atoms with Crippen molar-refractivity contribution >= 4 is 5.78 Å². The van der Waals surface area contributed by atoms with Gasteiger partial charge in [-0.1, -0.05) is 13.8 Å². The monoisotopic (exact) mass is 182 g/mol. The van der Waals surface area contributed by atoms with Gasteiger partial charge in [0.1, 0.15) is 0 Å². The molecule has 1 aliphatic rings. The summed E-state index contributed by atoms with van der Waals surface area (Å²) in [5.41, 5.74) is 0.400. The van der Waals surface area contributed by atoms with Crippen LogP contribution in [0.3, 0.4) is 0 Å². The van der Waals surface area contributed by atoms with Crippen molar-refractivity contribution in [3.8, 4) is 0 Å². The summed E-state index contributed by atoms with van der Waals surface area (Å²) >= 11 is 0. The minimum Gasteiger partial charge on any atom is -0.359 e. The first-order valence-corrected chi connectivity index (χ1v) is 4.11. The van der Waals surface area contributed by atoms with E-state index in [0.29, 0.717) is 23.4 Å². The topological polar surface area (TPSA) is 70.0 Å². The van der Waals surface area contributed by atoms with E-state index in [1.807, 2.05) is 13.8 Å². The van der Waals surface area contributed by atoms with E-state index in [0.717, 1.165) is 0 Å². The molecule has 1 aromatic rings. The van der Waals surface area contributed by atoms with Crippen LogP contribution in [0.2, 0.25) is 0 Å². The molecular formula is C8H10N2O3. The van der Waals surface area contributed by atoms with Crippen molar-refractivity contribution in [1.29, 1.82) is 0 Å². The molecule has 0 saturated heterocycles. The van der Waals surface area contributed by atoms with Crippen molar-refractivity contribution in [3.63, 3.8) is 0 Å². The third-order valence-corrected chi connectivity index (χ3v) is 2.25. The minimum atomic E-state index is -0.165. The number of rotatable bonds is 0. The van der Waals surface area contributed by atoms with Crippen molar-refractivity contribution in [2.45, 2.75) is 26.7 Å². The fourth-order valence-corrected chi connectivity index (χ4v) is 1.66. The molecule has 5 heteroatoms. The van der Waals surface area contributed by atoms with Crippen molar-refractivity contribution in [1.82, 2.24) is 5.16 Å². The maximum absolute atomic E-state index is 11.4. The number of carbonyl (C=O) groups excluding carboxylic acids is 1. The Labute approximate surface area is 74.9 Å². The highest BCUT2D eigenvalue weighted by Crippen LogP contribution is 2.32. The number of ketones is 1. The van der Waals surface area contributed by atoms with E-state index in [2.05, 4.69) is 9.79 Å². The summed E-state index contributed by atoms with van der Waals surface area (Å²) in [5, 5.41) is 14.5. The molecule has 5 nitrogen and oxygen atoms in total. The molecule has 0 bridgehead atoms. The van der Waals surface area contributed by atoms with Gasteiger partial charge in [0.05, 0.1) is 0 Å². The number of fused-ring (bicyclic) bond motifs is 1. The minimum absolute atomic E-state index is 0.107. The van der Waals surface area contributed by atoms with Gasteiger partial charge in [0.25, 0.3) is 5.69 Å². The van der Waals surface area contributed by atoms with Gasteiger partial charge >= 0.3 is 0 Å². The summed E-state index contributed by atoms with van der Waals surface area (Å²) < 4.78 is 4.37. The Balaban J connectivity index is 2.51. The Hall–Kier alpha value is -1.39. The maximum Gasteiger partial charge on any atom is 0.286 e. The van der Waals surface area contributed by atoms with Crippen LogP contribution in [0.4, 0.5) is 0 Å². The average Bonchev–Trinajstić information content (AvgIpc) is 2.30. The lowest BCUT2D eigenvalue weighted by Crippen LogP contribution is -2.36. The summed E-state index contributed by atoms with van der Waals surface area (Å²) in [6.45, 7) is 3.89. The molecule has 1 heterocycles. The Morgan fingerprint density at radius 3 is 2.92 bits per heavy atom. The zero-order chi connectivity index (χ0) is 9.64. The fraction of sp³-hybridized carbons (Fsp3) is 0.625. The number of nitrogens with zero attached hydrogens (tertiary/aromatic N) is 2. The van der Waals surface area contributed by atoms with Gasteiger partial charge < -0.3 is 5.21 Å². The van der Waals surface area contributed by atoms with Crippen LogP contribution in [-0.2, 0) is 6.42 Å². The standard InChI is InChI=1S/C8H10N2O3/c1-8(2)3-5-7(6(11)4-8)9-13-10(5)12/h3-4H2,1-2H3. The fourth-order valence-electron chi connectivity index (χ4n) is 1.66. The number of hydrogen-bond donors (Lipinski definition) is 0. The van der Waals surface area contributed by atoms with E-state index in [1.165, 1.54) is 0 Å². The molecule has 0 fully saturated rings. The first kappa shape index (κ1) is 8.22. The maximum atomic E-state index is 11.4. The molecule has 0 saturated carbocycles. The van der Waals surface area contributed by atoms with Crippen LogP contribution in [-0.4, -0.2) is 10.9 Å². The van der Waals surface area contributed by atoms with E-state index >= 15 is 0 Å². The molecule has 1 aliphatic carbocycles. The van der Waals surface area contributed by atoms with Gasteiger partial charge in [0.15, 0.2) is 0 Å². The van der Waals surface area contributed by atoms with Crippen molar-refractivity contribution in [2.24, 2.45) is 5.41 Å². The van der Waals surface area contributed by atoms with Gasteiger partial charge in [-0.05, 0) is 10.3 Å². The second-order valence-electron chi connectivity index (χ2n) is 4.17. The largest absolute Gasteiger partial charge is 0.359 e. The smallest absolute Gasteiger partial charge is 0.286 e. The Morgan fingerprint density at radius 1 is 1.54 bits per heavy atom. The van der Waals surface area contributed by atoms with E-state index < -0.39 is 0 Å². The highest BCUT2D eigenvalue weighted by molar-refractivity contribution is 5.96. The van der Waals surface area contributed by atoms with Gasteiger partial charge in [-0.3, -0.25) is 9.42 Å². The van der Waals surface area contributed by atoms with Crippen molar-refractivity contribution in [2.75, 3.05) is 0 Å². The van der Waals surface area contributed by atoms with Gasteiger partial charge in [0.2, 0.25) is 11.5 Å². The molecule has 2 rings (SSSR count). The quantitative estimate of drug-likeness (QED) is 0.546. The number of aromatic nitrogens is 2. The van der Waals surface area contributed by atoms with E-state index in [1.54, 1.807) is 0 Å². The average molecular weight is 182 g/mol. The van der Waals surface area contributed by atoms with E-state index in [4.69, 9.17) is 0 Å². The van der Waals surface area contributed by atoms with Crippen LogP contribution in [0, 0.1) is 10.6 Å². The summed E-state index contributed by atoms with van der Waals surface area (Å²) in [6.07, 6.45) is 0.966. The Bertz CT molecular complexity index is 367. The zero-order valence-electron chi connectivity index (χ0n) is 7.53. The van der Waals surface area contributed by atoms with Crippen LogP contribution in [0.5, 0.6) is 0 Å². The van der Waals surface area contributed by atoms with E-state index in [9.17, 15) is 10.0 Å². The molecule has 0 unspecified atom stereocenters. The lowest BCUT2D eigenvalue weighted by molar-refractivity contribution is -0.808. The number of carbonyl (C=O) groups is 1. The zero-order valence-corrected chi connectivity index (χ0v) is 7.53. The Kier molecular flexibility index (Phi) is 1.46. The summed E-state index contributed by atoms with van der Waals surface area (Å²) in [6, 6.07) is 0. The number of hydrogen-bond acceptors (Lipinski definition) is 4. The van der Waals surface area contributed by atoms with E-state index in [-0.39, 0.29) is 16.9 Å². The van der Waals surface area contributed by atoms with Crippen LogP contribution in [0.25, 0.3) is 0 Å². The van der Waals surface area contributed by atoms with Crippen LogP contribution >= 0.6 is 0 Å². The molecule has 0 radical (unpaired) electrons. The van der Waals surface area contributed by atoms with Gasteiger partial charge in [-0.2, -0.15) is 0 Å². The van der Waals surface area contributed by atoms with Crippen molar-refractivity contribution in [3.05, 3.63) is 16.6 Å². The SMILES string of the molecule is CC1(C)CC(=O)c2no[n+]([O-])c2C1. The number of Topliss-reactive ketones (excluding diaryl/α,β-unsaturated/α-hetero) is 1. The van der Waals surface area contributed by atoms with Crippen LogP contribution in [0.1, 0.15) is 36.5 Å². The van der Waals surface area contributed by atoms with Gasteiger partial charge in [0, 0.05) is 18.0 Å². The first-order chi connectivity index (χ1) is 5.99. The van der Waals surface area contributed by atoms with Gasteiger partial charge in [-0.15, -0.1) is 0 Å². The summed E-state index contributed by atoms with van der Waals surface area (Å²) in [5.74, 6) is -0.107. The lowest BCUT2D eigenvalue weighted by Gasteiger charge is -2.24. The molecule has 0 aliphatic heterocycles. The highest BCUT2D eigenvalue weighted by Gasteiger charge is 2.39. The van der Waals surface area contributed by atoms with Crippen molar-refractivity contribution < 1.29 is 14.3 Å². The predicted octanol–water partition coefficient (Wildman–Crippen LogP) is 0.463. The molecule has 0 amide bonds. The normalized spacial score (nSPS) is 20.0. The summed E-state index contributed by atoms with van der Waals surface area (Å²) in [4.78, 5) is 11.8. The van der Waals surface area contributed by atoms with Crippen LogP contribution in [0.15, 0.2) is 4.63 Å². The molecule has 70 valence electrons. The lowest BCUT2D eigenvalue weighted by atomic mass is 9.77. The molecule has 13 heavy (non-hydrogen) atoms. The first-order valence-electron chi connectivity index (χ1n) is 4.11. The second-order valence-corrected chi connectivity index (χ2v) is 4.17. The molecule has 0 aromatic carbocycles. The molecule has 0 atom stereocenters. The third-order valence-electron chi connectivity index (χ3n) is 2.25. The van der Waals surface area contributed by atoms with Gasteiger partial charge in [-0.25, -0.2) is 0 Å². The second kappa shape index (κ2) is 2.31. The Morgan fingerprint density at radius 2 is 2.23 bits per heavy atom. The predicted molar refractivity (Wildman–Crippen MR) is 41.9 cm³/mol. The van der Waals surface area contributed by atoms with Crippen LogP contribution < -0.4 is 4.90 Å². The molecule has 1 aromatic heterocycles. The summed E-state index contributed by atoms with van der Waals surface area (Å²) in [7, 11) is 0. The molecule has 0 N–H and O–H groups in total. The molecule has 0 spiro atoms.